The zero-order valence-corrected chi connectivity index (χ0v) is 12.5. The number of carbonyl (C=O) groups excluding carboxylic acids is 1. The number of amides is 2. The van der Waals surface area contributed by atoms with E-state index in [1.54, 1.807) is 12.1 Å². The molecule has 0 spiro atoms. The lowest BCUT2D eigenvalue weighted by atomic mass is 10.2. The molecule has 0 aromatic heterocycles. The van der Waals surface area contributed by atoms with E-state index in [1.165, 1.54) is 18.3 Å². The van der Waals surface area contributed by atoms with E-state index in [1.807, 2.05) is 5.43 Å². The van der Waals surface area contributed by atoms with Gasteiger partial charge in [-0.1, -0.05) is 0 Å². The zero-order valence-electron chi connectivity index (χ0n) is 12.5. The van der Waals surface area contributed by atoms with Gasteiger partial charge in [-0.3, -0.25) is 20.2 Å². The first-order valence-electron chi connectivity index (χ1n) is 6.66. The van der Waals surface area contributed by atoms with E-state index in [4.69, 9.17) is 10.5 Å². The topological polar surface area (TPSA) is 163 Å². The predicted molar refractivity (Wildman–Crippen MR) is 86.6 cm³/mol. The molecule has 0 unspecified atom stereocenters. The number of nitrogens with zero attached hydrogens (tertiary/aromatic N) is 3. The van der Waals surface area contributed by atoms with Crippen molar-refractivity contribution in [2.45, 2.75) is 0 Å². The number of primary amides is 1. The molecule has 0 aliphatic rings. The number of nitro groups is 2. The summed E-state index contributed by atoms with van der Waals surface area (Å²) >= 11 is 0. The minimum atomic E-state index is -0.804. The molecule has 0 fully saturated rings. The van der Waals surface area contributed by atoms with Crippen molar-refractivity contribution in [1.82, 2.24) is 5.43 Å². The average Bonchev–Trinajstić information content (AvgIpc) is 2.56. The third kappa shape index (κ3) is 4.72. The number of nitrogens with one attached hydrogen (secondary N) is 1. The number of hydrogen-bond donors (Lipinski definition) is 2. The summed E-state index contributed by atoms with van der Waals surface area (Å²) in [4.78, 5) is 30.7. The molecule has 11 nitrogen and oxygen atoms in total. The lowest BCUT2D eigenvalue weighted by Gasteiger charge is -2.06. The number of urea groups is 1. The fourth-order valence-electron chi connectivity index (χ4n) is 1.77. The zero-order chi connectivity index (χ0) is 18.4. The molecule has 3 N–H and O–H groups in total. The summed E-state index contributed by atoms with van der Waals surface area (Å²) in [5, 5.41) is 25.3. The van der Waals surface area contributed by atoms with Crippen LogP contribution in [0.15, 0.2) is 47.6 Å². The van der Waals surface area contributed by atoms with Gasteiger partial charge >= 0.3 is 11.7 Å². The van der Waals surface area contributed by atoms with Gasteiger partial charge in [0.1, 0.15) is 5.75 Å². The molecule has 0 atom stereocenters. The maximum absolute atomic E-state index is 11.1. The first-order chi connectivity index (χ1) is 11.9. The van der Waals surface area contributed by atoms with Crippen molar-refractivity contribution in [2.24, 2.45) is 10.8 Å². The van der Waals surface area contributed by atoms with Crippen LogP contribution in [0.5, 0.6) is 11.5 Å². The second kappa shape index (κ2) is 7.50. The van der Waals surface area contributed by atoms with Crippen LogP contribution in [0.1, 0.15) is 5.56 Å². The molecule has 2 rings (SSSR count). The van der Waals surface area contributed by atoms with Crippen LogP contribution in [0.3, 0.4) is 0 Å². The van der Waals surface area contributed by atoms with Crippen LogP contribution in [0.2, 0.25) is 0 Å². The molecule has 0 heterocycles. The number of rotatable bonds is 6. The van der Waals surface area contributed by atoms with Crippen molar-refractivity contribution in [2.75, 3.05) is 0 Å². The smallest absolute Gasteiger partial charge is 0.332 e. The highest BCUT2D eigenvalue weighted by Gasteiger charge is 2.21. The SMILES string of the molecule is NC(=O)N/N=C\c1ccc(Oc2ccc([N+](=O)[O-])cc2[N+](=O)[O-])cc1. The van der Waals surface area contributed by atoms with Gasteiger partial charge in [0, 0.05) is 6.07 Å². The normalized spacial score (nSPS) is 10.4. The largest absolute Gasteiger partial charge is 0.450 e. The van der Waals surface area contributed by atoms with E-state index in [9.17, 15) is 25.0 Å². The standard InChI is InChI=1S/C14H11N5O6/c15-14(20)17-16-8-9-1-4-11(5-2-9)25-13-6-3-10(18(21)22)7-12(13)19(23)24/h1-8H,(H3,15,17,20)/b16-8-. The Labute approximate surface area is 140 Å². The third-order valence-electron chi connectivity index (χ3n) is 2.85. The van der Waals surface area contributed by atoms with E-state index < -0.39 is 27.3 Å². The maximum Gasteiger partial charge on any atom is 0.332 e. The fraction of sp³-hybridized carbons (Fsp3) is 0. The van der Waals surface area contributed by atoms with Gasteiger partial charge in [0.15, 0.2) is 0 Å². The Morgan fingerprint density at radius 3 is 2.36 bits per heavy atom. The first kappa shape index (κ1) is 17.3. The van der Waals surface area contributed by atoms with Gasteiger partial charge in [0.05, 0.1) is 22.1 Å². The molecule has 0 aliphatic heterocycles. The molecule has 0 saturated heterocycles. The number of ether oxygens (including phenoxy) is 1. The van der Waals surface area contributed by atoms with Crippen molar-refractivity contribution < 1.29 is 19.4 Å². The highest BCUT2D eigenvalue weighted by Crippen LogP contribution is 2.34. The summed E-state index contributed by atoms with van der Waals surface area (Å²) in [7, 11) is 0. The number of nitro benzene ring substituents is 2. The summed E-state index contributed by atoms with van der Waals surface area (Å²) in [5.41, 5.74) is 6.56. The Kier molecular flexibility index (Phi) is 5.20. The van der Waals surface area contributed by atoms with Gasteiger partial charge in [-0.05, 0) is 35.9 Å². The van der Waals surface area contributed by atoms with Gasteiger partial charge < -0.3 is 10.5 Å². The van der Waals surface area contributed by atoms with Gasteiger partial charge in [0.25, 0.3) is 5.69 Å². The number of carbonyl (C=O) groups is 1. The fourth-order valence-corrected chi connectivity index (χ4v) is 1.77. The quantitative estimate of drug-likeness (QED) is 0.463. The third-order valence-corrected chi connectivity index (χ3v) is 2.85. The monoisotopic (exact) mass is 345 g/mol. The van der Waals surface area contributed by atoms with Crippen LogP contribution in [-0.4, -0.2) is 22.1 Å². The summed E-state index contributed by atoms with van der Waals surface area (Å²) in [6.07, 6.45) is 1.34. The Hall–Kier alpha value is -4.02. The van der Waals surface area contributed by atoms with E-state index in [0.29, 0.717) is 5.56 Å². The molecule has 0 aliphatic carbocycles. The van der Waals surface area contributed by atoms with E-state index in [-0.39, 0.29) is 11.5 Å². The summed E-state index contributed by atoms with van der Waals surface area (Å²) in [5.74, 6) is 0.143. The Bertz CT molecular complexity index is 849. The van der Waals surface area contributed by atoms with Crippen molar-refractivity contribution in [1.29, 1.82) is 0 Å². The lowest BCUT2D eigenvalue weighted by Crippen LogP contribution is -2.24. The average molecular weight is 345 g/mol. The van der Waals surface area contributed by atoms with Crippen LogP contribution in [0.4, 0.5) is 16.2 Å². The number of benzene rings is 2. The molecule has 2 amide bonds. The Morgan fingerprint density at radius 2 is 1.80 bits per heavy atom. The van der Waals surface area contributed by atoms with Crippen molar-refractivity contribution in [3.05, 3.63) is 68.3 Å². The Morgan fingerprint density at radius 1 is 1.12 bits per heavy atom. The summed E-state index contributed by atoms with van der Waals surface area (Å²) < 4.78 is 5.40. The van der Waals surface area contributed by atoms with Crippen LogP contribution in [0, 0.1) is 20.2 Å². The second-order valence-electron chi connectivity index (χ2n) is 4.57. The maximum atomic E-state index is 11.1. The van der Waals surface area contributed by atoms with Gasteiger partial charge in [-0.25, -0.2) is 10.2 Å². The molecule has 0 bridgehead atoms. The molecular formula is C14H11N5O6. The second-order valence-corrected chi connectivity index (χ2v) is 4.57. The van der Waals surface area contributed by atoms with Gasteiger partial charge in [-0.15, -0.1) is 0 Å². The van der Waals surface area contributed by atoms with Crippen LogP contribution in [-0.2, 0) is 0 Å². The summed E-state index contributed by atoms with van der Waals surface area (Å²) in [6.45, 7) is 0. The molecule has 11 heteroatoms. The van der Waals surface area contributed by atoms with Crippen molar-refractivity contribution in [3.63, 3.8) is 0 Å². The number of hydrogen-bond acceptors (Lipinski definition) is 7. The minimum absolute atomic E-state index is 0.132. The summed E-state index contributed by atoms with van der Waals surface area (Å²) in [6, 6.07) is 8.47. The predicted octanol–water partition coefficient (Wildman–Crippen LogP) is 2.30. The molecule has 2 aromatic carbocycles. The van der Waals surface area contributed by atoms with E-state index in [0.717, 1.165) is 18.2 Å². The van der Waals surface area contributed by atoms with E-state index >= 15 is 0 Å². The molecule has 0 saturated carbocycles. The van der Waals surface area contributed by atoms with Crippen molar-refractivity contribution in [3.8, 4) is 11.5 Å². The number of nitrogens with two attached hydrogens (primary N) is 1. The number of hydrazone groups is 1. The molecule has 128 valence electrons. The van der Waals surface area contributed by atoms with E-state index in [2.05, 4.69) is 5.10 Å². The van der Waals surface area contributed by atoms with Crippen LogP contribution < -0.4 is 15.9 Å². The number of non-ortho nitro benzene ring substituents is 1. The highest BCUT2D eigenvalue weighted by atomic mass is 16.6. The molecular weight excluding hydrogens is 334 g/mol. The van der Waals surface area contributed by atoms with Crippen LogP contribution in [0.25, 0.3) is 0 Å². The van der Waals surface area contributed by atoms with Gasteiger partial charge in [-0.2, -0.15) is 5.10 Å². The lowest BCUT2D eigenvalue weighted by molar-refractivity contribution is -0.394. The molecule has 25 heavy (non-hydrogen) atoms. The first-order valence-corrected chi connectivity index (χ1v) is 6.66. The van der Waals surface area contributed by atoms with Crippen molar-refractivity contribution >= 4 is 23.6 Å². The highest BCUT2D eigenvalue weighted by molar-refractivity contribution is 5.81. The minimum Gasteiger partial charge on any atom is -0.450 e. The van der Waals surface area contributed by atoms with Gasteiger partial charge in [0.2, 0.25) is 5.75 Å². The van der Waals surface area contributed by atoms with Crippen LogP contribution >= 0.6 is 0 Å². The molecule has 0 radical (unpaired) electrons. The molecule has 2 aromatic rings. The Balaban J connectivity index is 2.19.